The number of aryl methyl sites for hydroxylation is 3. The highest BCUT2D eigenvalue weighted by Gasteiger charge is 2.17. The minimum Gasteiger partial charge on any atom is -0.305 e. The van der Waals surface area contributed by atoms with Gasteiger partial charge in [-0.15, -0.1) is 0 Å². The number of H-pyrrole nitrogens is 1. The molecule has 3 aromatic rings. The van der Waals surface area contributed by atoms with Crippen LogP contribution < -0.4 is 5.32 Å². The third-order valence-corrected chi connectivity index (χ3v) is 3.69. The first-order valence-electron chi connectivity index (χ1n) is 8.09. The van der Waals surface area contributed by atoms with Crippen LogP contribution in [-0.2, 0) is 0 Å². The fourth-order valence-electron chi connectivity index (χ4n) is 2.47. The van der Waals surface area contributed by atoms with E-state index in [-0.39, 0.29) is 11.8 Å². The van der Waals surface area contributed by atoms with Crippen LogP contribution in [0.4, 0.5) is 5.82 Å². The topological polar surface area (TPSA) is 101 Å². The van der Waals surface area contributed by atoms with Crippen LogP contribution in [0.15, 0.2) is 18.2 Å². The van der Waals surface area contributed by atoms with E-state index in [1.165, 1.54) is 4.68 Å². The number of hydrogen-bond donors (Lipinski definition) is 2. The van der Waals surface area contributed by atoms with Gasteiger partial charge < -0.3 is 5.32 Å². The van der Waals surface area contributed by atoms with Crippen molar-refractivity contribution in [1.82, 2.24) is 29.9 Å². The van der Waals surface area contributed by atoms with Gasteiger partial charge in [0.15, 0.2) is 5.69 Å². The standard InChI is InChI=1S/C17H21N7O/c1-9(2)13-8-14(22-21-13)16(25)20-15-7-12(5)23-24(15)17-18-10(3)6-11(4)19-17/h6-9H,1-5H3,(H,20,25)(H,21,22). The Bertz CT molecular complexity index is 903. The Morgan fingerprint density at radius 3 is 2.36 bits per heavy atom. The number of rotatable bonds is 4. The molecule has 0 saturated carbocycles. The zero-order chi connectivity index (χ0) is 18.1. The second-order valence-corrected chi connectivity index (χ2v) is 6.35. The van der Waals surface area contributed by atoms with Crippen LogP contribution in [0.5, 0.6) is 0 Å². The number of carbonyl (C=O) groups excluding carboxylic acids is 1. The van der Waals surface area contributed by atoms with Crippen molar-refractivity contribution >= 4 is 11.7 Å². The number of nitrogens with zero attached hydrogens (tertiary/aromatic N) is 5. The highest BCUT2D eigenvalue weighted by Crippen LogP contribution is 2.17. The summed E-state index contributed by atoms with van der Waals surface area (Å²) in [6, 6.07) is 5.41. The zero-order valence-corrected chi connectivity index (χ0v) is 15.0. The molecule has 0 aromatic carbocycles. The summed E-state index contributed by atoms with van der Waals surface area (Å²) in [5.74, 6) is 0.881. The third kappa shape index (κ3) is 3.57. The minimum atomic E-state index is -0.311. The van der Waals surface area contributed by atoms with Crippen molar-refractivity contribution in [2.75, 3.05) is 5.32 Å². The van der Waals surface area contributed by atoms with Crippen molar-refractivity contribution in [3.8, 4) is 5.95 Å². The second kappa shape index (κ2) is 6.46. The number of amides is 1. The lowest BCUT2D eigenvalue weighted by Gasteiger charge is -2.08. The Morgan fingerprint density at radius 2 is 1.76 bits per heavy atom. The molecule has 0 unspecified atom stereocenters. The quantitative estimate of drug-likeness (QED) is 0.761. The van der Waals surface area contributed by atoms with Crippen LogP contribution in [0.25, 0.3) is 5.95 Å². The van der Waals surface area contributed by atoms with E-state index in [4.69, 9.17) is 0 Å². The molecule has 0 aliphatic carbocycles. The normalized spacial score (nSPS) is 11.1. The first-order chi connectivity index (χ1) is 11.8. The lowest BCUT2D eigenvalue weighted by Crippen LogP contribution is -2.17. The fourth-order valence-corrected chi connectivity index (χ4v) is 2.47. The summed E-state index contributed by atoms with van der Waals surface area (Å²) in [7, 11) is 0. The maximum atomic E-state index is 12.5. The van der Waals surface area contributed by atoms with E-state index in [2.05, 4.69) is 30.6 Å². The molecule has 2 N–H and O–H groups in total. The number of nitrogens with one attached hydrogen (secondary N) is 2. The number of anilines is 1. The molecular formula is C17H21N7O. The number of aromatic nitrogens is 6. The Hall–Kier alpha value is -3.03. The molecular weight excluding hydrogens is 318 g/mol. The number of hydrogen-bond acceptors (Lipinski definition) is 5. The predicted molar refractivity (Wildman–Crippen MR) is 94.0 cm³/mol. The van der Waals surface area contributed by atoms with Gasteiger partial charge in [0.2, 0.25) is 0 Å². The molecule has 25 heavy (non-hydrogen) atoms. The van der Waals surface area contributed by atoms with Gasteiger partial charge >= 0.3 is 0 Å². The van der Waals surface area contributed by atoms with Crippen LogP contribution in [0, 0.1) is 20.8 Å². The van der Waals surface area contributed by atoms with E-state index in [9.17, 15) is 4.79 Å². The number of aromatic amines is 1. The molecule has 3 rings (SSSR count). The van der Waals surface area contributed by atoms with Crippen molar-refractivity contribution in [2.45, 2.75) is 40.5 Å². The molecule has 0 spiro atoms. The molecule has 0 aliphatic heterocycles. The van der Waals surface area contributed by atoms with E-state index < -0.39 is 0 Å². The summed E-state index contributed by atoms with van der Waals surface area (Å²) in [6.07, 6.45) is 0. The van der Waals surface area contributed by atoms with Crippen LogP contribution in [-0.4, -0.2) is 35.9 Å². The van der Waals surface area contributed by atoms with Gasteiger partial charge in [0.25, 0.3) is 11.9 Å². The minimum absolute atomic E-state index is 0.269. The Kier molecular flexibility index (Phi) is 4.35. The highest BCUT2D eigenvalue weighted by atomic mass is 16.2. The van der Waals surface area contributed by atoms with Gasteiger partial charge in [0.05, 0.1) is 5.69 Å². The summed E-state index contributed by atoms with van der Waals surface area (Å²) < 4.78 is 1.53. The average molecular weight is 339 g/mol. The van der Waals surface area contributed by atoms with Gasteiger partial charge in [0, 0.05) is 23.1 Å². The van der Waals surface area contributed by atoms with Crippen LogP contribution >= 0.6 is 0 Å². The fraction of sp³-hybridized carbons (Fsp3) is 0.353. The molecule has 0 aliphatic rings. The Morgan fingerprint density at radius 1 is 1.08 bits per heavy atom. The van der Waals surface area contributed by atoms with Crippen LogP contribution in [0.1, 0.15) is 53.0 Å². The largest absolute Gasteiger partial charge is 0.305 e. The van der Waals surface area contributed by atoms with Crippen molar-refractivity contribution in [3.05, 3.63) is 46.7 Å². The summed E-state index contributed by atoms with van der Waals surface area (Å²) in [4.78, 5) is 21.3. The van der Waals surface area contributed by atoms with E-state index in [0.717, 1.165) is 22.8 Å². The number of carbonyl (C=O) groups is 1. The van der Waals surface area contributed by atoms with Crippen molar-refractivity contribution in [1.29, 1.82) is 0 Å². The maximum Gasteiger partial charge on any atom is 0.277 e. The van der Waals surface area contributed by atoms with E-state index in [1.807, 2.05) is 40.7 Å². The van der Waals surface area contributed by atoms with Crippen LogP contribution in [0.2, 0.25) is 0 Å². The third-order valence-electron chi connectivity index (χ3n) is 3.69. The first kappa shape index (κ1) is 16.8. The van der Waals surface area contributed by atoms with Gasteiger partial charge in [-0.1, -0.05) is 13.8 Å². The average Bonchev–Trinajstić information content (AvgIpc) is 3.13. The van der Waals surface area contributed by atoms with Gasteiger partial charge in [-0.2, -0.15) is 14.9 Å². The molecule has 0 fully saturated rings. The van der Waals surface area contributed by atoms with E-state index >= 15 is 0 Å². The Balaban J connectivity index is 1.91. The van der Waals surface area contributed by atoms with E-state index in [1.54, 1.807) is 12.1 Å². The Labute approximate surface area is 145 Å². The predicted octanol–water partition coefficient (Wildman–Crippen LogP) is 2.69. The SMILES string of the molecule is Cc1cc(C)nc(-n2nc(C)cc2NC(=O)c2cc(C(C)C)[nH]n2)n1. The molecule has 8 heteroatoms. The summed E-state index contributed by atoms with van der Waals surface area (Å²) >= 11 is 0. The zero-order valence-electron chi connectivity index (χ0n) is 15.0. The maximum absolute atomic E-state index is 12.5. The van der Waals surface area contributed by atoms with E-state index in [0.29, 0.717) is 17.5 Å². The lowest BCUT2D eigenvalue weighted by atomic mass is 10.1. The molecule has 3 heterocycles. The highest BCUT2D eigenvalue weighted by molar-refractivity contribution is 6.02. The first-order valence-corrected chi connectivity index (χ1v) is 8.09. The molecule has 0 saturated heterocycles. The molecule has 0 atom stereocenters. The summed E-state index contributed by atoms with van der Waals surface area (Å²) in [5, 5.41) is 14.2. The van der Waals surface area contributed by atoms with Crippen molar-refractivity contribution in [2.24, 2.45) is 0 Å². The summed E-state index contributed by atoms with van der Waals surface area (Å²) in [6.45, 7) is 9.70. The van der Waals surface area contributed by atoms with Crippen molar-refractivity contribution < 1.29 is 4.79 Å². The molecule has 8 nitrogen and oxygen atoms in total. The molecule has 0 bridgehead atoms. The van der Waals surface area contributed by atoms with Crippen molar-refractivity contribution in [3.63, 3.8) is 0 Å². The molecule has 130 valence electrons. The smallest absolute Gasteiger partial charge is 0.277 e. The summed E-state index contributed by atoms with van der Waals surface area (Å²) in [5.41, 5.74) is 3.66. The second-order valence-electron chi connectivity index (χ2n) is 6.35. The molecule has 3 aromatic heterocycles. The van der Waals surface area contributed by atoms with Gasteiger partial charge in [-0.05, 0) is 38.8 Å². The molecule has 0 radical (unpaired) electrons. The monoisotopic (exact) mass is 339 g/mol. The van der Waals surface area contributed by atoms with Gasteiger partial charge in [0.1, 0.15) is 5.82 Å². The van der Waals surface area contributed by atoms with Gasteiger partial charge in [-0.25, -0.2) is 9.97 Å². The van der Waals surface area contributed by atoms with Gasteiger partial charge in [-0.3, -0.25) is 9.89 Å². The van der Waals surface area contributed by atoms with Crippen LogP contribution in [0.3, 0.4) is 0 Å². The molecule has 1 amide bonds. The lowest BCUT2D eigenvalue weighted by molar-refractivity contribution is 0.102.